The molecule has 1 aromatic rings. The van der Waals surface area contributed by atoms with Crippen LogP contribution in [0, 0.1) is 5.82 Å². The van der Waals surface area contributed by atoms with Crippen molar-refractivity contribution < 1.29 is 9.18 Å². The van der Waals surface area contributed by atoms with E-state index in [4.69, 9.17) is 5.73 Å². The Bertz CT molecular complexity index is 498. The molecular weight excluding hydrogens is 385 g/mol. The van der Waals surface area contributed by atoms with Gasteiger partial charge in [-0.15, -0.1) is 12.4 Å². The molecular formula is C16H24BrClFN3O. The maximum absolute atomic E-state index is 14.0. The molecule has 0 aromatic heterocycles. The third kappa shape index (κ3) is 6.03. The first kappa shape index (κ1) is 20.4. The van der Waals surface area contributed by atoms with Crippen molar-refractivity contribution in [2.24, 2.45) is 5.73 Å². The van der Waals surface area contributed by atoms with Crippen molar-refractivity contribution in [3.05, 3.63) is 34.1 Å². The molecule has 130 valence electrons. The summed E-state index contributed by atoms with van der Waals surface area (Å²) in [5, 5.41) is 2.93. The highest BCUT2D eigenvalue weighted by molar-refractivity contribution is 9.10. The second-order valence-electron chi connectivity index (χ2n) is 5.66. The average Bonchev–Trinajstić information content (AvgIpc) is 2.50. The number of rotatable bonds is 6. The summed E-state index contributed by atoms with van der Waals surface area (Å²) in [6, 6.07) is 5.30. The monoisotopic (exact) mass is 407 g/mol. The second kappa shape index (κ2) is 10.2. The summed E-state index contributed by atoms with van der Waals surface area (Å²) in [6.07, 6.45) is 3.63. The highest BCUT2D eigenvalue weighted by Crippen LogP contribution is 2.25. The lowest BCUT2D eigenvalue weighted by molar-refractivity contribution is -0.121. The molecule has 3 N–H and O–H groups in total. The van der Waals surface area contributed by atoms with Gasteiger partial charge in [-0.25, -0.2) is 4.39 Å². The number of carbonyl (C=O) groups excluding carboxylic acids is 1. The largest absolute Gasteiger partial charge is 0.354 e. The Labute approximate surface area is 151 Å². The lowest BCUT2D eigenvalue weighted by Crippen LogP contribution is -2.46. The lowest BCUT2D eigenvalue weighted by Gasteiger charge is -2.36. The molecule has 1 heterocycles. The SMILES string of the molecule is Cl.NCCC(=O)NCC1CCCCN1Cc1c(F)cccc1Br. The van der Waals surface area contributed by atoms with Gasteiger partial charge in [-0.3, -0.25) is 9.69 Å². The van der Waals surface area contributed by atoms with Gasteiger partial charge in [0.2, 0.25) is 5.91 Å². The summed E-state index contributed by atoms with van der Waals surface area (Å²) in [6.45, 7) is 2.45. The molecule has 1 aliphatic rings. The second-order valence-corrected chi connectivity index (χ2v) is 6.52. The normalized spacial score (nSPS) is 18.3. The Morgan fingerprint density at radius 1 is 1.43 bits per heavy atom. The van der Waals surface area contributed by atoms with Gasteiger partial charge in [-0.2, -0.15) is 0 Å². The number of likely N-dealkylation sites (tertiary alicyclic amines) is 1. The summed E-state index contributed by atoms with van der Waals surface area (Å²) >= 11 is 3.43. The average molecular weight is 409 g/mol. The molecule has 1 atom stereocenters. The van der Waals surface area contributed by atoms with Gasteiger partial charge in [0.05, 0.1) is 0 Å². The number of benzene rings is 1. The Hall–Kier alpha value is -0.690. The van der Waals surface area contributed by atoms with E-state index in [-0.39, 0.29) is 30.2 Å². The lowest BCUT2D eigenvalue weighted by atomic mass is 10.0. The van der Waals surface area contributed by atoms with Crippen molar-refractivity contribution >= 4 is 34.2 Å². The van der Waals surface area contributed by atoms with Crippen LogP contribution in [-0.4, -0.2) is 36.5 Å². The van der Waals surface area contributed by atoms with Crippen LogP contribution in [0.1, 0.15) is 31.2 Å². The first-order valence-electron chi connectivity index (χ1n) is 7.75. The van der Waals surface area contributed by atoms with Crippen molar-refractivity contribution in [2.45, 2.75) is 38.3 Å². The Morgan fingerprint density at radius 3 is 2.91 bits per heavy atom. The van der Waals surface area contributed by atoms with Crippen molar-refractivity contribution in [3.8, 4) is 0 Å². The standard InChI is InChI=1S/C16H23BrFN3O.ClH/c17-14-5-3-6-15(18)13(14)11-21-9-2-1-4-12(21)10-20-16(22)7-8-19;/h3,5-6,12H,1-2,4,7-11,19H2,(H,20,22);1H. The number of piperidine rings is 1. The summed E-state index contributed by atoms with van der Waals surface area (Å²) in [7, 11) is 0. The fourth-order valence-corrected chi connectivity index (χ4v) is 3.30. The molecule has 1 fully saturated rings. The molecule has 2 rings (SSSR count). The predicted molar refractivity (Wildman–Crippen MR) is 96.1 cm³/mol. The maximum Gasteiger partial charge on any atom is 0.221 e. The Kier molecular flexibility index (Phi) is 9.06. The van der Waals surface area contributed by atoms with Crippen LogP contribution in [-0.2, 0) is 11.3 Å². The highest BCUT2D eigenvalue weighted by atomic mass is 79.9. The predicted octanol–water partition coefficient (Wildman–Crippen LogP) is 2.83. The molecule has 1 amide bonds. The zero-order valence-electron chi connectivity index (χ0n) is 13.1. The van der Waals surface area contributed by atoms with Gasteiger partial charge in [0, 0.05) is 42.1 Å². The topological polar surface area (TPSA) is 58.4 Å². The van der Waals surface area contributed by atoms with E-state index in [0.29, 0.717) is 31.6 Å². The summed E-state index contributed by atoms with van der Waals surface area (Å²) in [5.74, 6) is -0.203. The van der Waals surface area contributed by atoms with E-state index < -0.39 is 0 Å². The van der Waals surface area contributed by atoms with Crippen LogP contribution in [0.2, 0.25) is 0 Å². The minimum absolute atomic E-state index is 0. The van der Waals surface area contributed by atoms with E-state index in [9.17, 15) is 9.18 Å². The number of hydrogen-bond acceptors (Lipinski definition) is 3. The van der Waals surface area contributed by atoms with Crippen molar-refractivity contribution in [1.82, 2.24) is 10.2 Å². The van der Waals surface area contributed by atoms with Gasteiger partial charge >= 0.3 is 0 Å². The minimum Gasteiger partial charge on any atom is -0.354 e. The van der Waals surface area contributed by atoms with Gasteiger partial charge in [-0.1, -0.05) is 28.4 Å². The quantitative estimate of drug-likeness (QED) is 0.761. The van der Waals surface area contributed by atoms with Crippen molar-refractivity contribution in [1.29, 1.82) is 0 Å². The van der Waals surface area contributed by atoms with Crippen LogP contribution in [0.5, 0.6) is 0 Å². The third-order valence-electron chi connectivity index (χ3n) is 4.08. The first-order chi connectivity index (χ1) is 10.6. The zero-order valence-corrected chi connectivity index (χ0v) is 15.5. The first-order valence-corrected chi connectivity index (χ1v) is 8.55. The summed E-state index contributed by atoms with van der Waals surface area (Å²) in [5.41, 5.74) is 6.07. The number of hydrogen-bond donors (Lipinski definition) is 2. The van der Waals surface area contributed by atoms with Crippen LogP contribution in [0.3, 0.4) is 0 Å². The van der Waals surface area contributed by atoms with E-state index in [1.165, 1.54) is 6.07 Å². The highest BCUT2D eigenvalue weighted by Gasteiger charge is 2.24. The molecule has 23 heavy (non-hydrogen) atoms. The number of halogens is 3. The molecule has 1 unspecified atom stereocenters. The van der Waals surface area contributed by atoms with Gasteiger partial charge in [0.25, 0.3) is 0 Å². The summed E-state index contributed by atoms with van der Waals surface area (Å²) in [4.78, 5) is 13.8. The minimum atomic E-state index is -0.189. The van der Waals surface area contributed by atoms with Crippen LogP contribution >= 0.6 is 28.3 Å². The number of nitrogens with one attached hydrogen (secondary N) is 1. The number of carbonyl (C=O) groups is 1. The fraction of sp³-hybridized carbons (Fsp3) is 0.562. The van der Waals surface area contributed by atoms with Crippen molar-refractivity contribution in [3.63, 3.8) is 0 Å². The fourth-order valence-electron chi connectivity index (χ4n) is 2.84. The Balaban J connectivity index is 0.00000264. The molecule has 1 aromatic carbocycles. The maximum atomic E-state index is 14.0. The van der Waals surface area contributed by atoms with Crippen LogP contribution < -0.4 is 11.1 Å². The van der Waals surface area contributed by atoms with Crippen LogP contribution in [0.15, 0.2) is 22.7 Å². The molecule has 0 aliphatic carbocycles. The van der Waals surface area contributed by atoms with Gasteiger partial charge in [-0.05, 0) is 31.5 Å². The molecule has 1 aliphatic heterocycles. The van der Waals surface area contributed by atoms with E-state index in [1.807, 2.05) is 6.07 Å². The Morgan fingerprint density at radius 2 is 2.22 bits per heavy atom. The van der Waals surface area contributed by atoms with E-state index >= 15 is 0 Å². The molecule has 0 saturated carbocycles. The van der Waals surface area contributed by atoms with E-state index in [2.05, 4.69) is 26.1 Å². The molecule has 4 nitrogen and oxygen atoms in total. The van der Waals surface area contributed by atoms with Gasteiger partial charge in [0.15, 0.2) is 0 Å². The zero-order chi connectivity index (χ0) is 15.9. The third-order valence-corrected chi connectivity index (χ3v) is 4.82. The molecule has 0 bridgehead atoms. The molecule has 1 saturated heterocycles. The molecule has 7 heteroatoms. The molecule has 0 radical (unpaired) electrons. The number of nitrogens with two attached hydrogens (primary N) is 1. The smallest absolute Gasteiger partial charge is 0.221 e. The van der Waals surface area contributed by atoms with Gasteiger partial charge in [0.1, 0.15) is 5.82 Å². The van der Waals surface area contributed by atoms with Crippen molar-refractivity contribution in [2.75, 3.05) is 19.6 Å². The van der Waals surface area contributed by atoms with Gasteiger partial charge < -0.3 is 11.1 Å². The van der Waals surface area contributed by atoms with Crippen LogP contribution in [0.25, 0.3) is 0 Å². The van der Waals surface area contributed by atoms with Crippen LogP contribution in [0.4, 0.5) is 4.39 Å². The van der Waals surface area contributed by atoms with E-state index in [0.717, 1.165) is 30.3 Å². The van der Waals surface area contributed by atoms with E-state index in [1.54, 1.807) is 6.07 Å². The number of amides is 1. The number of nitrogens with zero attached hydrogens (tertiary/aromatic N) is 1. The summed E-state index contributed by atoms with van der Waals surface area (Å²) < 4.78 is 14.8. The molecule has 0 spiro atoms.